The van der Waals surface area contributed by atoms with Crippen LogP contribution in [0.15, 0.2) is 23.4 Å². The van der Waals surface area contributed by atoms with E-state index in [-0.39, 0.29) is 0 Å². The summed E-state index contributed by atoms with van der Waals surface area (Å²) >= 11 is 1.67. The lowest BCUT2D eigenvalue weighted by Gasteiger charge is -2.12. The third kappa shape index (κ3) is 5.22. The summed E-state index contributed by atoms with van der Waals surface area (Å²) in [5, 5.41) is 9.38. The van der Waals surface area contributed by atoms with Crippen LogP contribution in [-0.4, -0.2) is 40.0 Å². The maximum Gasteiger partial charge on any atom is 0.190 e. The van der Waals surface area contributed by atoms with Crippen LogP contribution in [0, 0.1) is 0 Å². The van der Waals surface area contributed by atoms with E-state index in [2.05, 4.69) is 24.0 Å². The summed E-state index contributed by atoms with van der Waals surface area (Å²) < 4.78 is 13.4. The summed E-state index contributed by atoms with van der Waals surface area (Å²) in [6.45, 7) is 7.22. The summed E-state index contributed by atoms with van der Waals surface area (Å²) in [4.78, 5) is 10.9. The number of ether oxygens (including phenoxy) is 2. The molecule has 0 aliphatic heterocycles. The number of aromatic nitrogens is 3. The summed E-state index contributed by atoms with van der Waals surface area (Å²) in [6, 6.07) is 5.21. The monoisotopic (exact) mass is 363 g/mol. The third-order valence-electron chi connectivity index (χ3n) is 3.57. The van der Waals surface area contributed by atoms with Crippen LogP contribution in [0.1, 0.15) is 49.3 Å². The Kier molecular flexibility index (Phi) is 7.31. The zero-order valence-electron chi connectivity index (χ0n) is 15.2. The van der Waals surface area contributed by atoms with Crippen LogP contribution in [0.2, 0.25) is 0 Å². The van der Waals surface area contributed by atoms with Crippen LogP contribution in [0.25, 0.3) is 0 Å². The number of carbonyl (C=O) groups is 1. The number of aldehydes is 1. The molecule has 0 spiro atoms. The molecule has 0 bridgehead atoms. The van der Waals surface area contributed by atoms with Crippen LogP contribution < -0.4 is 9.47 Å². The van der Waals surface area contributed by atoms with Crippen LogP contribution in [0.3, 0.4) is 0 Å². The normalized spacial score (nSPS) is 10.9. The number of nitrogens with zero attached hydrogens (tertiary/aromatic N) is 3. The summed E-state index contributed by atoms with van der Waals surface area (Å²) in [5.74, 6) is 3.52. The predicted molar refractivity (Wildman–Crippen MR) is 98.9 cm³/mol. The average molecular weight is 363 g/mol. The maximum atomic E-state index is 10.9. The Bertz CT molecular complexity index is 701. The molecule has 0 saturated heterocycles. The highest BCUT2D eigenvalue weighted by Crippen LogP contribution is 2.28. The van der Waals surface area contributed by atoms with Crippen molar-refractivity contribution in [3.8, 4) is 11.5 Å². The topological polar surface area (TPSA) is 66.2 Å². The average Bonchev–Trinajstić information content (AvgIpc) is 2.97. The van der Waals surface area contributed by atoms with Crippen molar-refractivity contribution in [2.24, 2.45) is 7.05 Å². The van der Waals surface area contributed by atoms with Crippen molar-refractivity contribution in [1.29, 1.82) is 0 Å². The van der Waals surface area contributed by atoms with Crippen LogP contribution in [0.5, 0.6) is 11.5 Å². The molecule has 0 fully saturated rings. The van der Waals surface area contributed by atoms with Crippen molar-refractivity contribution in [2.45, 2.75) is 38.3 Å². The molecule has 0 saturated carbocycles. The van der Waals surface area contributed by atoms with E-state index in [1.54, 1.807) is 30.0 Å². The van der Waals surface area contributed by atoms with Gasteiger partial charge in [0.25, 0.3) is 0 Å². The highest BCUT2D eigenvalue weighted by molar-refractivity contribution is 7.99. The Morgan fingerprint density at radius 1 is 1.24 bits per heavy atom. The molecule has 0 N–H and O–H groups in total. The largest absolute Gasteiger partial charge is 0.490 e. The summed E-state index contributed by atoms with van der Waals surface area (Å²) in [6.07, 6.45) is 1.67. The molecule has 0 aliphatic carbocycles. The predicted octanol–water partition coefficient (Wildman–Crippen LogP) is 3.71. The Morgan fingerprint density at radius 2 is 2.04 bits per heavy atom. The van der Waals surface area contributed by atoms with E-state index in [0.29, 0.717) is 36.2 Å². The van der Waals surface area contributed by atoms with Gasteiger partial charge >= 0.3 is 0 Å². The highest BCUT2D eigenvalue weighted by Gasteiger charge is 2.12. The van der Waals surface area contributed by atoms with Crippen molar-refractivity contribution in [3.63, 3.8) is 0 Å². The zero-order valence-corrected chi connectivity index (χ0v) is 16.0. The molecule has 0 aliphatic rings. The second-order valence-electron chi connectivity index (χ2n) is 5.86. The molecule has 0 unspecified atom stereocenters. The SMILES string of the molecule is CCOc1cc(C=O)ccc1OCCCSc1nnc(C(C)C)n1C. The van der Waals surface area contributed by atoms with Gasteiger partial charge in [-0.2, -0.15) is 0 Å². The fourth-order valence-corrected chi connectivity index (χ4v) is 3.18. The zero-order chi connectivity index (χ0) is 18.2. The fourth-order valence-electron chi connectivity index (χ4n) is 2.34. The summed E-state index contributed by atoms with van der Waals surface area (Å²) in [7, 11) is 2.00. The molecule has 1 aromatic carbocycles. The van der Waals surface area contributed by atoms with Gasteiger partial charge in [-0.15, -0.1) is 10.2 Å². The first-order valence-corrected chi connectivity index (χ1v) is 9.42. The van der Waals surface area contributed by atoms with Gasteiger partial charge in [-0.25, -0.2) is 0 Å². The fraction of sp³-hybridized carbons (Fsp3) is 0.500. The van der Waals surface area contributed by atoms with Crippen molar-refractivity contribution < 1.29 is 14.3 Å². The molecule has 0 amide bonds. The van der Waals surface area contributed by atoms with Crippen molar-refractivity contribution in [1.82, 2.24) is 14.8 Å². The maximum absolute atomic E-state index is 10.9. The van der Waals surface area contributed by atoms with E-state index in [1.165, 1.54) is 0 Å². The van der Waals surface area contributed by atoms with E-state index in [1.807, 2.05) is 18.5 Å². The molecule has 25 heavy (non-hydrogen) atoms. The van der Waals surface area contributed by atoms with Crippen molar-refractivity contribution >= 4 is 18.0 Å². The molecule has 0 radical (unpaired) electrons. The first-order valence-electron chi connectivity index (χ1n) is 8.43. The quantitative estimate of drug-likeness (QED) is 0.364. The van der Waals surface area contributed by atoms with Crippen molar-refractivity contribution in [2.75, 3.05) is 19.0 Å². The molecule has 0 atom stereocenters. The number of thioether (sulfide) groups is 1. The highest BCUT2D eigenvalue weighted by atomic mass is 32.2. The molecule has 2 aromatic rings. The van der Waals surface area contributed by atoms with Gasteiger partial charge in [0.15, 0.2) is 16.7 Å². The first kappa shape index (κ1) is 19.3. The Balaban J connectivity index is 1.82. The van der Waals surface area contributed by atoms with Gasteiger partial charge in [0.05, 0.1) is 13.2 Å². The second kappa shape index (κ2) is 9.46. The number of rotatable bonds is 10. The second-order valence-corrected chi connectivity index (χ2v) is 6.92. The molecular formula is C18H25N3O3S. The van der Waals surface area contributed by atoms with E-state index in [4.69, 9.17) is 9.47 Å². The Morgan fingerprint density at radius 3 is 2.68 bits per heavy atom. The molecule has 6 nitrogen and oxygen atoms in total. The first-order chi connectivity index (χ1) is 12.1. The van der Waals surface area contributed by atoms with E-state index in [0.717, 1.165) is 29.4 Å². The van der Waals surface area contributed by atoms with Crippen LogP contribution in [-0.2, 0) is 7.05 Å². The van der Waals surface area contributed by atoms with Gasteiger partial charge in [0, 0.05) is 24.3 Å². The minimum Gasteiger partial charge on any atom is -0.490 e. The van der Waals surface area contributed by atoms with Gasteiger partial charge in [-0.1, -0.05) is 25.6 Å². The minimum absolute atomic E-state index is 0.363. The molecular weight excluding hydrogens is 338 g/mol. The molecule has 1 aromatic heterocycles. The van der Waals surface area contributed by atoms with E-state index >= 15 is 0 Å². The van der Waals surface area contributed by atoms with E-state index in [9.17, 15) is 4.79 Å². The third-order valence-corrected chi connectivity index (χ3v) is 4.67. The van der Waals surface area contributed by atoms with Gasteiger partial charge in [-0.3, -0.25) is 4.79 Å². The molecule has 1 heterocycles. The Hall–Kier alpha value is -2.02. The molecule has 2 rings (SSSR count). The lowest BCUT2D eigenvalue weighted by atomic mass is 10.2. The van der Waals surface area contributed by atoms with Crippen LogP contribution in [0.4, 0.5) is 0 Å². The van der Waals surface area contributed by atoms with Crippen molar-refractivity contribution in [3.05, 3.63) is 29.6 Å². The lowest BCUT2D eigenvalue weighted by Crippen LogP contribution is -2.03. The van der Waals surface area contributed by atoms with Gasteiger partial charge < -0.3 is 14.0 Å². The van der Waals surface area contributed by atoms with Gasteiger partial charge in [0.2, 0.25) is 0 Å². The molecule has 7 heteroatoms. The Labute approximate surface area is 152 Å². The standard InChI is InChI=1S/C18H25N3O3S/c1-5-23-16-11-14(12-22)7-8-15(16)24-9-6-10-25-18-20-19-17(13(2)3)21(18)4/h7-8,11-13H,5-6,9-10H2,1-4H3. The smallest absolute Gasteiger partial charge is 0.190 e. The summed E-state index contributed by atoms with van der Waals surface area (Å²) in [5.41, 5.74) is 0.578. The number of benzene rings is 1. The van der Waals surface area contributed by atoms with Gasteiger partial charge in [0.1, 0.15) is 12.1 Å². The van der Waals surface area contributed by atoms with E-state index < -0.39 is 0 Å². The lowest BCUT2D eigenvalue weighted by molar-refractivity contribution is 0.112. The number of hydrogen-bond acceptors (Lipinski definition) is 6. The molecule has 136 valence electrons. The minimum atomic E-state index is 0.363. The number of hydrogen-bond donors (Lipinski definition) is 0. The van der Waals surface area contributed by atoms with Gasteiger partial charge in [-0.05, 0) is 31.5 Å². The number of carbonyl (C=O) groups excluding carboxylic acids is 1. The van der Waals surface area contributed by atoms with Crippen LogP contribution >= 0.6 is 11.8 Å².